The van der Waals surface area contributed by atoms with Gasteiger partial charge in [0.25, 0.3) is 5.56 Å². The average Bonchev–Trinajstić information content (AvgIpc) is 2.51. The lowest BCUT2D eigenvalue weighted by Gasteiger charge is -2.10. The number of methoxy groups -OCH3 is 1. The number of carbonyl (C=O) groups is 1. The van der Waals surface area contributed by atoms with E-state index in [0.717, 1.165) is 14.7 Å². The largest absolute Gasteiger partial charge is 0.496 e. The first-order valence-electron chi connectivity index (χ1n) is 6.89. The van der Waals surface area contributed by atoms with Crippen LogP contribution in [0.15, 0.2) is 27.5 Å². The Morgan fingerprint density at radius 2 is 2.04 bits per heavy atom. The Labute approximate surface area is 142 Å². The molecule has 0 bridgehead atoms. The molecule has 122 valence electrons. The van der Waals surface area contributed by atoms with Gasteiger partial charge in [0.1, 0.15) is 17.9 Å². The molecular weight excluding hydrogens is 364 g/mol. The van der Waals surface area contributed by atoms with Crippen molar-refractivity contribution in [3.63, 3.8) is 0 Å². The highest BCUT2D eigenvalue weighted by molar-refractivity contribution is 9.10. The molecule has 0 aliphatic heterocycles. The minimum Gasteiger partial charge on any atom is -0.496 e. The smallest absolute Gasteiger partial charge is 0.344 e. The number of nitrogens with zero attached hydrogens (tertiary/aromatic N) is 2. The third kappa shape index (κ3) is 3.61. The van der Waals surface area contributed by atoms with Crippen LogP contribution in [-0.2, 0) is 18.4 Å². The fourth-order valence-electron chi connectivity index (χ4n) is 2.11. The van der Waals surface area contributed by atoms with E-state index in [0.29, 0.717) is 17.0 Å². The van der Waals surface area contributed by atoms with Crippen LogP contribution in [0.3, 0.4) is 0 Å². The summed E-state index contributed by atoms with van der Waals surface area (Å²) in [6, 6.07) is 5.36. The van der Waals surface area contributed by atoms with Gasteiger partial charge in [0, 0.05) is 7.05 Å². The second kappa shape index (κ2) is 6.95. The van der Waals surface area contributed by atoms with Gasteiger partial charge in [-0.3, -0.25) is 4.79 Å². The summed E-state index contributed by atoms with van der Waals surface area (Å²) < 4.78 is 12.3. The lowest BCUT2D eigenvalue weighted by molar-refractivity contribution is 0.0468. The average molecular weight is 381 g/mol. The maximum Gasteiger partial charge on any atom is 0.344 e. The molecule has 1 aromatic heterocycles. The highest BCUT2D eigenvalue weighted by Gasteiger charge is 2.19. The molecule has 0 atom stereocenters. The molecule has 23 heavy (non-hydrogen) atoms. The van der Waals surface area contributed by atoms with Gasteiger partial charge in [-0.1, -0.05) is 6.07 Å². The molecule has 0 saturated carbocycles. The van der Waals surface area contributed by atoms with E-state index in [1.165, 1.54) is 7.05 Å². The van der Waals surface area contributed by atoms with Gasteiger partial charge in [-0.05, 0) is 53.0 Å². The molecule has 0 radical (unpaired) electrons. The maximum atomic E-state index is 12.3. The van der Waals surface area contributed by atoms with Crippen LogP contribution in [0.4, 0.5) is 0 Å². The number of ether oxygens (including phenoxy) is 2. The lowest BCUT2D eigenvalue weighted by Crippen LogP contribution is -2.29. The lowest BCUT2D eigenvalue weighted by atomic mass is 10.1. The van der Waals surface area contributed by atoms with Crippen LogP contribution < -0.4 is 10.3 Å². The molecule has 0 amide bonds. The van der Waals surface area contributed by atoms with Gasteiger partial charge in [0.05, 0.1) is 17.3 Å². The molecule has 6 nitrogen and oxygen atoms in total. The summed E-state index contributed by atoms with van der Waals surface area (Å²) in [7, 11) is 3.08. The van der Waals surface area contributed by atoms with Crippen molar-refractivity contribution in [1.29, 1.82) is 0 Å². The summed E-state index contributed by atoms with van der Waals surface area (Å²) in [6.07, 6.45) is 0. The summed E-state index contributed by atoms with van der Waals surface area (Å²) >= 11 is 3.37. The van der Waals surface area contributed by atoms with E-state index in [9.17, 15) is 9.59 Å². The van der Waals surface area contributed by atoms with Crippen molar-refractivity contribution in [3.05, 3.63) is 55.4 Å². The maximum absolute atomic E-state index is 12.3. The van der Waals surface area contributed by atoms with Crippen LogP contribution in [0.25, 0.3) is 0 Å². The van der Waals surface area contributed by atoms with Crippen molar-refractivity contribution in [2.24, 2.45) is 7.05 Å². The summed E-state index contributed by atoms with van der Waals surface area (Å²) in [5.74, 6) is 0.0371. The first kappa shape index (κ1) is 17.2. The molecule has 0 saturated heterocycles. The number of carbonyl (C=O) groups excluding carboxylic acids is 1. The predicted octanol–water partition coefficient (Wildman–Crippen LogP) is 2.53. The van der Waals surface area contributed by atoms with Crippen LogP contribution in [0.5, 0.6) is 5.75 Å². The monoisotopic (exact) mass is 380 g/mol. The molecule has 0 unspecified atom stereocenters. The van der Waals surface area contributed by atoms with Gasteiger partial charge in [0.2, 0.25) is 0 Å². The molecule has 0 aliphatic rings. The van der Waals surface area contributed by atoms with E-state index in [4.69, 9.17) is 9.47 Å². The molecular formula is C16H17BrN2O4. The molecule has 7 heteroatoms. The van der Waals surface area contributed by atoms with Crippen molar-refractivity contribution in [3.8, 4) is 5.75 Å². The Kier molecular flexibility index (Phi) is 5.20. The zero-order valence-electron chi connectivity index (χ0n) is 13.3. The number of hydrogen-bond acceptors (Lipinski definition) is 5. The van der Waals surface area contributed by atoms with Crippen molar-refractivity contribution in [2.75, 3.05) is 7.11 Å². The van der Waals surface area contributed by atoms with Crippen LogP contribution in [0, 0.1) is 13.8 Å². The van der Waals surface area contributed by atoms with E-state index in [1.54, 1.807) is 39.2 Å². The van der Waals surface area contributed by atoms with E-state index in [2.05, 4.69) is 21.0 Å². The van der Waals surface area contributed by atoms with Crippen LogP contribution in [0.2, 0.25) is 0 Å². The van der Waals surface area contributed by atoms with Gasteiger partial charge in [-0.15, -0.1) is 0 Å². The van der Waals surface area contributed by atoms with Crippen LogP contribution >= 0.6 is 15.9 Å². The molecule has 1 heterocycles. The number of aryl methyl sites for hydroxylation is 2. The summed E-state index contributed by atoms with van der Waals surface area (Å²) in [4.78, 5) is 24.4. The number of hydrogen-bond donors (Lipinski definition) is 0. The fraction of sp³-hybridized carbons (Fsp3) is 0.312. The number of rotatable bonds is 4. The molecule has 0 spiro atoms. The number of benzene rings is 1. The topological polar surface area (TPSA) is 70.4 Å². The van der Waals surface area contributed by atoms with Crippen LogP contribution in [0.1, 0.15) is 27.2 Å². The number of halogens is 1. The second-order valence-corrected chi connectivity index (χ2v) is 5.91. The Bertz CT molecular complexity index is 814. The second-order valence-electron chi connectivity index (χ2n) is 5.06. The predicted molar refractivity (Wildman–Crippen MR) is 88.8 cm³/mol. The van der Waals surface area contributed by atoms with Gasteiger partial charge in [-0.2, -0.15) is 5.10 Å². The highest BCUT2D eigenvalue weighted by Crippen LogP contribution is 2.25. The molecule has 2 rings (SSSR count). The Morgan fingerprint density at radius 3 is 2.65 bits per heavy atom. The first-order chi connectivity index (χ1) is 10.8. The van der Waals surface area contributed by atoms with E-state index in [1.807, 2.05) is 0 Å². The van der Waals surface area contributed by atoms with Gasteiger partial charge >= 0.3 is 5.97 Å². The normalized spacial score (nSPS) is 10.5. The quantitative estimate of drug-likeness (QED) is 0.762. The summed E-state index contributed by atoms with van der Waals surface area (Å²) in [5, 5.41) is 4.04. The third-order valence-corrected chi connectivity index (χ3v) is 4.14. The van der Waals surface area contributed by atoms with E-state index < -0.39 is 11.5 Å². The molecule has 0 N–H and O–H groups in total. The first-order valence-corrected chi connectivity index (χ1v) is 7.68. The molecule has 1 aromatic carbocycles. The van der Waals surface area contributed by atoms with E-state index >= 15 is 0 Å². The molecule has 0 aliphatic carbocycles. The standard InChI is InChI=1S/C16H17BrN2O4/c1-9-10(2)18-19(3)15(20)14(9)16(21)23-8-11-5-6-13(22-4)12(17)7-11/h5-7H,8H2,1-4H3. The fourth-order valence-corrected chi connectivity index (χ4v) is 2.70. The zero-order chi connectivity index (χ0) is 17.1. The van der Waals surface area contributed by atoms with Gasteiger partial charge < -0.3 is 9.47 Å². The summed E-state index contributed by atoms with van der Waals surface area (Å²) in [6.45, 7) is 3.49. The van der Waals surface area contributed by atoms with E-state index in [-0.39, 0.29) is 12.2 Å². The molecule has 0 fully saturated rings. The molecule has 2 aromatic rings. The zero-order valence-corrected chi connectivity index (χ0v) is 14.9. The Morgan fingerprint density at radius 1 is 1.35 bits per heavy atom. The number of aromatic nitrogens is 2. The Balaban J connectivity index is 2.21. The highest BCUT2D eigenvalue weighted by atomic mass is 79.9. The third-order valence-electron chi connectivity index (χ3n) is 3.52. The van der Waals surface area contributed by atoms with Crippen molar-refractivity contribution in [2.45, 2.75) is 20.5 Å². The van der Waals surface area contributed by atoms with Gasteiger partial charge in [-0.25, -0.2) is 9.48 Å². The van der Waals surface area contributed by atoms with Crippen molar-refractivity contribution >= 4 is 21.9 Å². The number of esters is 1. The summed E-state index contributed by atoms with van der Waals surface area (Å²) in [5.41, 5.74) is 1.49. The van der Waals surface area contributed by atoms with Crippen molar-refractivity contribution in [1.82, 2.24) is 9.78 Å². The minimum absolute atomic E-state index is 0.0209. The Hall–Kier alpha value is -2.15. The minimum atomic E-state index is -0.652. The SMILES string of the molecule is COc1ccc(COC(=O)c2c(C)c(C)nn(C)c2=O)cc1Br. The van der Waals surface area contributed by atoms with Crippen molar-refractivity contribution < 1.29 is 14.3 Å². The van der Waals surface area contributed by atoms with Gasteiger partial charge in [0.15, 0.2) is 0 Å². The van der Waals surface area contributed by atoms with Crippen LogP contribution in [-0.4, -0.2) is 22.9 Å².